The number of ether oxygens (including phenoxy) is 1. The number of rotatable bonds is 8. The molecule has 1 N–H and O–H groups in total. The highest BCUT2D eigenvalue weighted by atomic mass is 16.5. The van der Waals surface area contributed by atoms with Crippen LogP contribution in [0.1, 0.15) is 60.6 Å². The van der Waals surface area contributed by atoms with Crippen LogP contribution in [0.4, 0.5) is 0 Å². The van der Waals surface area contributed by atoms with Crippen molar-refractivity contribution < 1.29 is 14.3 Å². The van der Waals surface area contributed by atoms with Gasteiger partial charge >= 0.3 is 5.97 Å². The maximum atomic E-state index is 12.7. The van der Waals surface area contributed by atoms with E-state index in [0.717, 1.165) is 41.8 Å². The molecule has 0 aliphatic heterocycles. The fourth-order valence-electron chi connectivity index (χ4n) is 4.26. The van der Waals surface area contributed by atoms with Gasteiger partial charge < -0.3 is 14.6 Å². The lowest BCUT2D eigenvalue weighted by Gasteiger charge is -2.15. The summed E-state index contributed by atoms with van der Waals surface area (Å²) in [6.07, 6.45) is 8.05. The molecule has 0 bridgehead atoms. The van der Waals surface area contributed by atoms with Crippen LogP contribution in [-0.4, -0.2) is 29.6 Å². The molecular formula is C25H32N2O3. The second kappa shape index (κ2) is 10.3. The first-order valence-electron chi connectivity index (χ1n) is 10.9. The summed E-state index contributed by atoms with van der Waals surface area (Å²) < 4.78 is 7.21. The molecule has 0 spiro atoms. The molecule has 1 aromatic carbocycles. The van der Waals surface area contributed by atoms with E-state index in [1.807, 2.05) is 48.7 Å². The monoisotopic (exact) mass is 408 g/mol. The lowest BCUT2D eigenvalue weighted by Crippen LogP contribution is -2.29. The highest BCUT2D eigenvalue weighted by molar-refractivity contribution is 5.95. The number of carbonyl (C=O) groups is 2. The Balaban J connectivity index is 1.81. The number of amides is 1. The minimum atomic E-state index is -0.340. The molecule has 1 heterocycles. The van der Waals surface area contributed by atoms with Gasteiger partial charge in [-0.15, -0.1) is 0 Å². The number of esters is 1. The molecule has 1 aliphatic rings. The number of aromatic nitrogens is 1. The molecule has 0 saturated heterocycles. The van der Waals surface area contributed by atoms with E-state index in [-0.39, 0.29) is 18.4 Å². The quantitative estimate of drug-likeness (QED) is 0.496. The van der Waals surface area contributed by atoms with Crippen molar-refractivity contribution in [2.45, 2.75) is 59.4 Å². The largest absolute Gasteiger partial charge is 0.462 e. The van der Waals surface area contributed by atoms with Crippen molar-refractivity contribution in [3.05, 3.63) is 58.8 Å². The summed E-state index contributed by atoms with van der Waals surface area (Å²) >= 11 is 0. The van der Waals surface area contributed by atoms with Crippen LogP contribution in [0, 0.1) is 13.8 Å². The molecule has 160 valence electrons. The zero-order valence-corrected chi connectivity index (χ0v) is 18.3. The normalized spacial score (nSPS) is 13.6. The Bertz CT molecular complexity index is 926. The Morgan fingerprint density at radius 2 is 1.90 bits per heavy atom. The summed E-state index contributed by atoms with van der Waals surface area (Å²) in [6.45, 7) is 6.74. The van der Waals surface area contributed by atoms with E-state index in [2.05, 4.69) is 11.4 Å². The van der Waals surface area contributed by atoms with Crippen molar-refractivity contribution in [2.24, 2.45) is 0 Å². The molecule has 5 nitrogen and oxygen atoms in total. The van der Waals surface area contributed by atoms with E-state index in [4.69, 9.17) is 4.74 Å². The summed E-state index contributed by atoms with van der Waals surface area (Å²) in [7, 11) is 0. The van der Waals surface area contributed by atoms with Gasteiger partial charge in [0.25, 0.3) is 0 Å². The highest BCUT2D eigenvalue weighted by Crippen LogP contribution is 2.31. The second-order valence-electron chi connectivity index (χ2n) is 7.81. The molecule has 5 heteroatoms. The number of carbonyl (C=O) groups excluding carboxylic acids is 2. The number of allylic oxidation sites excluding steroid dienone is 1. The van der Waals surface area contributed by atoms with Crippen LogP contribution >= 0.6 is 0 Å². The van der Waals surface area contributed by atoms with Gasteiger partial charge in [0.05, 0.1) is 17.9 Å². The van der Waals surface area contributed by atoms with Crippen molar-refractivity contribution in [1.29, 1.82) is 0 Å². The summed E-state index contributed by atoms with van der Waals surface area (Å²) in [5, 5.41) is 3.05. The van der Waals surface area contributed by atoms with Crippen molar-refractivity contribution >= 4 is 11.9 Å². The SMILES string of the molecule is CCOC(=O)c1c(C)c(-c2ccccc2)n(CC(=O)NCCC2=CCCCC2)c1C. The van der Waals surface area contributed by atoms with Gasteiger partial charge in [-0.25, -0.2) is 4.79 Å². The molecule has 2 aromatic rings. The lowest BCUT2D eigenvalue weighted by molar-refractivity contribution is -0.121. The smallest absolute Gasteiger partial charge is 0.340 e. The molecule has 1 aliphatic carbocycles. The number of nitrogens with zero attached hydrogens (tertiary/aromatic N) is 1. The van der Waals surface area contributed by atoms with Crippen LogP contribution in [0.3, 0.4) is 0 Å². The predicted octanol–water partition coefficient (Wildman–Crippen LogP) is 4.96. The third-order valence-corrected chi connectivity index (χ3v) is 5.75. The molecule has 0 unspecified atom stereocenters. The van der Waals surface area contributed by atoms with Crippen LogP contribution in [0.15, 0.2) is 42.0 Å². The van der Waals surface area contributed by atoms with E-state index >= 15 is 0 Å². The first kappa shape index (κ1) is 21.9. The van der Waals surface area contributed by atoms with Crippen molar-refractivity contribution in [2.75, 3.05) is 13.2 Å². The molecule has 1 aromatic heterocycles. The molecule has 0 radical (unpaired) electrons. The number of nitrogens with one attached hydrogen (secondary N) is 1. The first-order chi connectivity index (χ1) is 14.5. The van der Waals surface area contributed by atoms with Gasteiger partial charge in [-0.3, -0.25) is 4.79 Å². The van der Waals surface area contributed by atoms with Gasteiger partial charge in [-0.2, -0.15) is 0 Å². The van der Waals surface area contributed by atoms with Crippen LogP contribution in [0.25, 0.3) is 11.3 Å². The Morgan fingerprint density at radius 1 is 1.13 bits per heavy atom. The summed E-state index contributed by atoms with van der Waals surface area (Å²) in [5.74, 6) is -0.384. The Morgan fingerprint density at radius 3 is 2.57 bits per heavy atom. The minimum Gasteiger partial charge on any atom is -0.462 e. The van der Waals surface area contributed by atoms with E-state index in [0.29, 0.717) is 18.7 Å². The fraction of sp³-hybridized carbons (Fsp3) is 0.440. The first-order valence-corrected chi connectivity index (χ1v) is 10.9. The third kappa shape index (κ3) is 5.02. The Labute approximate surface area is 179 Å². The molecule has 3 rings (SSSR count). The maximum Gasteiger partial charge on any atom is 0.340 e. The lowest BCUT2D eigenvalue weighted by atomic mass is 9.97. The van der Waals surface area contributed by atoms with Crippen LogP contribution < -0.4 is 5.32 Å². The number of hydrogen-bond acceptors (Lipinski definition) is 3. The van der Waals surface area contributed by atoms with Crippen molar-refractivity contribution in [3.63, 3.8) is 0 Å². The Hall–Kier alpha value is -2.82. The fourth-order valence-corrected chi connectivity index (χ4v) is 4.26. The van der Waals surface area contributed by atoms with Gasteiger partial charge in [0.2, 0.25) is 5.91 Å². The summed E-state index contributed by atoms with van der Waals surface area (Å²) in [6, 6.07) is 9.88. The Kier molecular flexibility index (Phi) is 7.50. The van der Waals surface area contributed by atoms with Gasteiger partial charge in [0, 0.05) is 12.2 Å². The van der Waals surface area contributed by atoms with Crippen LogP contribution in [0.2, 0.25) is 0 Å². The molecule has 30 heavy (non-hydrogen) atoms. The summed E-state index contributed by atoms with van der Waals surface area (Å²) in [5.41, 5.74) is 5.47. The third-order valence-electron chi connectivity index (χ3n) is 5.75. The van der Waals surface area contributed by atoms with Gasteiger partial charge in [0.1, 0.15) is 6.54 Å². The molecule has 0 saturated carbocycles. The molecule has 0 fully saturated rings. The van der Waals surface area contributed by atoms with E-state index in [9.17, 15) is 9.59 Å². The zero-order valence-electron chi connectivity index (χ0n) is 18.3. The minimum absolute atomic E-state index is 0.0444. The molecular weight excluding hydrogens is 376 g/mol. The zero-order chi connectivity index (χ0) is 21.5. The van der Waals surface area contributed by atoms with Crippen molar-refractivity contribution in [1.82, 2.24) is 9.88 Å². The molecule has 1 amide bonds. The van der Waals surface area contributed by atoms with E-state index < -0.39 is 0 Å². The topological polar surface area (TPSA) is 60.3 Å². The standard InChI is InChI=1S/C25H32N2O3/c1-4-30-25(29)23-18(2)24(21-13-9-6-10-14-21)27(19(23)3)17-22(28)26-16-15-20-11-7-5-8-12-20/h6,9-11,13-14H,4-5,7-8,12,15-17H2,1-3H3,(H,26,28). The summed E-state index contributed by atoms with van der Waals surface area (Å²) in [4.78, 5) is 25.3. The highest BCUT2D eigenvalue weighted by Gasteiger charge is 2.25. The van der Waals surface area contributed by atoms with Gasteiger partial charge in [0.15, 0.2) is 0 Å². The predicted molar refractivity (Wildman–Crippen MR) is 119 cm³/mol. The average molecular weight is 409 g/mol. The maximum absolute atomic E-state index is 12.7. The second-order valence-corrected chi connectivity index (χ2v) is 7.81. The molecule has 0 atom stereocenters. The van der Waals surface area contributed by atoms with E-state index in [1.54, 1.807) is 6.92 Å². The average Bonchev–Trinajstić information content (AvgIpc) is 2.99. The van der Waals surface area contributed by atoms with Crippen molar-refractivity contribution in [3.8, 4) is 11.3 Å². The number of hydrogen-bond donors (Lipinski definition) is 1. The van der Waals surface area contributed by atoms with Crippen LogP contribution in [0.5, 0.6) is 0 Å². The van der Waals surface area contributed by atoms with Crippen LogP contribution in [-0.2, 0) is 16.1 Å². The van der Waals surface area contributed by atoms with Gasteiger partial charge in [-0.05, 0) is 64.0 Å². The number of benzene rings is 1. The van der Waals surface area contributed by atoms with Gasteiger partial charge in [-0.1, -0.05) is 42.0 Å². The van der Waals surface area contributed by atoms with E-state index in [1.165, 1.54) is 18.4 Å².